The number of esters is 1. The minimum Gasteiger partial charge on any atom is -0.494 e. The lowest BCUT2D eigenvalue weighted by Crippen LogP contribution is -2.47. The van der Waals surface area contributed by atoms with Gasteiger partial charge in [0, 0.05) is 63.7 Å². The smallest absolute Gasteiger partial charge is 0.309 e. The zero-order chi connectivity index (χ0) is 60.4. The number of carboxylic acids is 1. The molecule has 0 saturated carbocycles. The third kappa shape index (κ3) is 14.5. The Bertz CT molecular complexity index is 3580. The predicted molar refractivity (Wildman–Crippen MR) is 297 cm³/mol. The number of imide groups is 1. The van der Waals surface area contributed by atoms with Gasteiger partial charge in [0.25, 0.3) is 5.91 Å². The molecule has 4 aromatic heterocycles. The number of thioether (sulfide) groups is 1. The Balaban J connectivity index is 1.11. The number of imidazole rings is 2. The molecule has 0 radical (unpaired) electrons. The number of aromatic nitrogens is 6. The van der Waals surface area contributed by atoms with Crippen LogP contribution in [-0.2, 0) is 65.9 Å². The number of nitrogens with two attached hydrogens (primary N) is 2. The van der Waals surface area contributed by atoms with Gasteiger partial charge in [0.1, 0.15) is 34.9 Å². The van der Waals surface area contributed by atoms with E-state index in [0.29, 0.717) is 47.0 Å². The molecular formula is C55H63N11O16S. The maximum atomic E-state index is 14.0. The van der Waals surface area contributed by atoms with Crippen LogP contribution in [0.15, 0.2) is 45.3 Å². The number of carbonyl (C=O) groups excluding carboxylic acids is 9. The van der Waals surface area contributed by atoms with Crippen LogP contribution in [0, 0.1) is 19.8 Å². The largest absolute Gasteiger partial charge is 0.494 e. The Labute approximate surface area is 478 Å². The Morgan fingerprint density at radius 2 is 1.45 bits per heavy atom. The third-order valence-corrected chi connectivity index (χ3v) is 14.3. The molecule has 7 rings (SSSR count). The molecule has 1 saturated heterocycles. The van der Waals surface area contributed by atoms with Gasteiger partial charge >= 0.3 is 11.9 Å². The van der Waals surface area contributed by atoms with E-state index in [4.69, 9.17) is 39.5 Å². The summed E-state index contributed by atoms with van der Waals surface area (Å²) < 4.78 is 32.1. The molecule has 2 aromatic carbocycles. The van der Waals surface area contributed by atoms with E-state index >= 15 is 0 Å². The molecule has 7 N–H and O–H groups in total. The Hall–Kier alpha value is -9.21. The molecule has 3 atom stereocenters. The molecular weight excluding hydrogens is 1100 g/mol. The molecule has 6 amide bonds. The molecule has 0 bridgehead atoms. The number of hydrogen-bond acceptors (Lipinski definition) is 20. The van der Waals surface area contributed by atoms with Crippen molar-refractivity contribution in [3.8, 4) is 11.5 Å². The molecule has 0 spiro atoms. The second-order valence-electron chi connectivity index (χ2n) is 19.3. The number of primary amides is 2. The summed E-state index contributed by atoms with van der Waals surface area (Å²) in [6, 6.07) is 4.43. The van der Waals surface area contributed by atoms with E-state index in [-0.39, 0.29) is 109 Å². The van der Waals surface area contributed by atoms with Crippen molar-refractivity contribution >= 4 is 98.7 Å². The number of amides is 6. The number of methoxy groups -OCH3 is 1. The normalized spacial score (nSPS) is 14.1. The van der Waals surface area contributed by atoms with E-state index in [9.17, 15) is 53.1 Å². The number of aliphatic carboxylic acids is 1. The van der Waals surface area contributed by atoms with Gasteiger partial charge in [-0.2, -0.15) is 11.8 Å². The SMILES string of the molecule is CCc1nc(C)oc1C(=O)Cc1nc2cc(C(N)=O)cc(OCCCOC(=O)[C@H](C)CC(=O)[C@@H](CCC(=O)O)NC(=O)CN3C(=O)CC(SC)C3=O)c2n1C/C=C/Cn1c(NC(=O)c2oc(C)nc2CC)nc2cc(C(N)=O)cc(OC)c21. The quantitative estimate of drug-likeness (QED) is 0.0140. The number of carboxylic acid groups (broad SMARTS) is 1. The first-order valence-electron chi connectivity index (χ1n) is 26.4. The maximum Gasteiger partial charge on any atom is 0.309 e. The topological polar surface area (TPSA) is 386 Å². The summed E-state index contributed by atoms with van der Waals surface area (Å²) in [5.41, 5.74) is 13.7. The van der Waals surface area contributed by atoms with Gasteiger partial charge in [0.05, 0.1) is 66.4 Å². The number of nitrogens with one attached hydrogen (secondary N) is 2. The minimum atomic E-state index is -1.35. The van der Waals surface area contributed by atoms with Crippen molar-refractivity contribution in [3.05, 3.63) is 88.1 Å². The highest BCUT2D eigenvalue weighted by Crippen LogP contribution is 2.33. The number of aryl methyl sites for hydroxylation is 4. The fourth-order valence-corrected chi connectivity index (χ4v) is 9.91. The lowest BCUT2D eigenvalue weighted by atomic mass is 9.97. The summed E-state index contributed by atoms with van der Waals surface area (Å²) in [5, 5.41) is 13.9. The molecule has 6 aromatic rings. The second kappa shape index (κ2) is 27.0. The molecule has 83 heavy (non-hydrogen) atoms. The molecule has 27 nitrogen and oxygen atoms in total. The number of ether oxygens (including phenoxy) is 3. The fourth-order valence-electron chi connectivity index (χ4n) is 9.27. The standard InChI is InChI=1S/C55H63N11O16S/c1-8-32-48(81-28(4)58-32)38(68)24-42-60-35-20-31(51(57)74)23-40(79-17-12-18-80-54(77)27(3)19-37(67)34(13-14-45(71)72)61-43(69)26-66-44(70)25-41(83-7)53(66)76)47(35)64(42)15-10-11-16-65-46-36(21-30(50(56)73)22-39(46)78-6)62-55(65)63-52(75)49-33(9-2)59-29(5)82-49/h10-11,20-23,27,34,41H,8-9,12-19,24-26H2,1-7H3,(H2,56,73)(H2,57,74)(H,61,69)(H,71,72)(H,62,63,75)/b11-10+/t27-,34-,41?/m1/s1. The van der Waals surface area contributed by atoms with E-state index < -0.39 is 95.5 Å². The van der Waals surface area contributed by atoms with Gasteiger partial charge in [-0.05, 0) is 49.8 Å². The third-order valence-electron chi connectivity index (χ3n) is 13.4. The van der Waals surface area contributed by atoms with Crippen molar-refractivity contribution in [2.24, 2.45) is 17.4 Å². The van der Waals surface area contributed by atoms with Crippen LogP contribution in [0.5, 0.6) is 11.5 Å². The fraction of sp³-hybridized carbons (Fsp3) is 0.418. The first-order valence-corrected chi connectivity index (χ1v) is 27.7. The zero-order valence-corrected chi connectivity index (χ0v) is 47.5. The number of oxazole rings is 2. The van der Waals surface area contributed by atoms with Crippen LogP contribution in [0.3, 0.4) is 0 Å². The Kier molecular flexibility index (Phi) is 20.0. The lowest BCUT2D eigenvalue weighted by molar-refractivity contribution is -0.150. The van der Waals surface area contributed by atoms with Crippen LogP contribution in [0.2, 0.25) is 0 Å². The van der Waals surface area contributed by atoms with E-state index in [1.54, 1.807) is 41.4 Å². The number of rotatable bonds is 30. The van der Waals surface area contributed by atoms with Crippen LogP contribution in [0.1, 0.15) is 124 Å². The first kappa shape index (κ1) is 61.4. The van der Waals surface area contributed by atoms with Gasteiger partial charge < -0.3 is 54.1 Å². The highest BCUT2D eigenvalue weighted by atomic mass is 32.2. The number of fused-ring (bicyclic) bond motifs is 2. The van der Waals surface area contributed by atoms with Crippen molar-refractivity contribution in [3.63, 3.8) is 0 Å². The van der Waals surface area contributed by atoms with Crippen LogP contribution in [0.4, 0.5) is 5.95 Å². The van der Waals surface area contributed by atoms with Crippen LogP contribution < -0.4 is 31.6 Å². The highest BCUT2D eigenvalue weighted by Gasteiger charge is 2.39. The average Bonchev–Trinajstić information content (AvgIpc) is 4.37. The molecule has 1 aliphatic heterocycles. The molecule has 1 fully saturated rings. The van der Waals surface area contributed by atoms with E-state index in [1.165, 1.54) is 38.3 Å². The van der Waals surface area contributed by atoms with E-state index in [0.717, 1.165) is 16.7 Å². The number of likely N-dealkylation sites (tertiary alicyclic amines) is 1. The van der Waals surface area contributed by atoms with Gasteiger partial charge in [-0.15, -0.1) is 0 Å². The van der Waals surface area contributed by atoms with Gasteiger partial charge in [0.2, 0.25) is 47.0 Å². The number of carbonyl (C=O) groups is 10. The second-order valence-corrected chi connectivity index (χ2v) is 20.3. The van der Waals surface area contributed by atoms with Crippen LogP contribution in [0.25, 0.3) is 22.1 Å². The summed E-state index contributed by atoms with van der Waals surface area (Å²) >= 11 is 1.16. The summed E-state index contributed by atoms with van der Waals surface area (Å²) in [6.07, 6.45) is 4.41. The van der Waals surface area contributed by atoms with Gasteiger partial charge in [-0.3, -0.25) is 58.2 Å². The first-order chi connectivity index (χ1) is 39.5. The molecule has 440 valence electrons. The van der Waals surface area contributed by atoms with Gasteiger partial charge in [-0.25, -0.2) is 19.9 Å². The number of Topliss-reactive ketones (excluding diaryl/α,β-unsaturated/α-hetero) is 2. The molecule has 1 unspecified atom stereocenters. The van der Waals surface area contributed by atoms with Crippen LogP contribution >= 0.6 is 11.8 Å². The predicted octanol–water partition coefficient (Wildman–Crippen LogP) is 3.99. The Morgan fingerprint density at radius 3 is 2.05 bits per heavy atom. The zero-order valence-electron chi connectivity index (χ0n) is 46.7. The number of benzene rings is 2. The number of nitrogens with zero attached hydrogens (tertiary/aromatic N) is 7. The van der Waals surface area contributed by atoms with E-state index in [2.05, 4.69) is 25.6 Å². The number of hydrogen-bond donors (Lipinski definition) is 5. The van der Waals surface area contributed by atoms with Gasteiger partial charge in [-0.1, -0.05) is 32.9 Å². The summed E-state index contributed by atoms with van der Waals surface area (Å²) in [5.74, 6) is -7.03. The minimum absolute atomic E-state index is 0.00624. The number of ketones is 2. The molecule has 1 aliphatic rings. The van der Waals surface area contributed by atoms with Crippen molar-refractivity contribution in [2.75, 3.05) is 38.4 Å². The summed E-state index contributed by atoms with van der Waals surface area (Å²) in [4.78, 5) is 148. The molecule has 5 heterocycles. The van der Waals surface area contributed by atoms with Crippen molar-refractivity contribution in [1.82, 2.24) is 39.3 Å². The highest BCUT2D eigenvalue weighted by molar-refractivity contribution is 8.00. The molecule has 0 aliphatic carbocycles. The molecule has 28 heteroatoms. The van der Waals surface area contributed by atoms with Crippen molar-refractivity contribution in [2.45, 2.75) is 110 Å². The summed E-state index contributed by atoms with van der Waals surface area (Å²) in [6.45, 7) is 7.41. The number of allylic oxidation sites excluding steroid dienone is 2. The lowest BCUT2D eigenvalue weighted by Gasteiger charge is -2.21. The van der Waals surface area contributed by atoms with Crippen molar-refractivity contribution < 1.29 is 76.1 Å². The van der Waals surface area contributed by atoms with Gasteiger partial charge in [0.15, 0.2) is 23.3 Å². The maximum absolute atomic E-state index is 14.0. The van der Waals surface area contributed by atoms with Crippen LogP contribution in [-0.4, -0.2) is 142 Å². The monoisotopic (exact) mass is 1170 g/mol. The average molecular weight is 1170 g/mol. The Morgan fingerprint density at radius 1 is 0.843 bits per heavy atom. The van der Waals surface area contributed by atoms with Crippen molar-refractivity contribution in [1.29, 1.82) is 0 Å². The van der Waals surface area contributed by atoms with E-state index in [1.807, 2.05) is 13.8 Å². The number of anilines is 1. The summed E-state index contributed by atoms with van der Waals surface area (Å²) in [7, 11) is 1.40.